The summed E-state index contributed by atoms with van der Waals surface area (Å²) in [6.07, 6.45) is 2.56. The quantitative estimate of drug-likeness (QED) is 0.832. The number of carbonyl (C=O) groups is 1. The van der Waals surface area contributed by atoms with Gasteiger partial charge in [-0.3, -0.25) is 4.79 Å². The van der Waals surface area contributed by atoms with Crippen LogP contribution in [0.15, 0.2) is 4.52 Å². The van der Waals surface area contributed by atoms with Crippen molar-refractivity contribution in [2.24, 2.45) is 17.3 Å². The zero-order chi connectivity index (χ0) is 16.8. The van der Waals surface area contributed by atoms with Gasteiger partial charge in [0, 0.05) is 31.3 Å². The molecule has 5 nitrogen and oxygen atoms in total. The highest BCUT2D eigenvalue weighted by Gasteiger charge is 2.56. The molecule has 1 aliphatic heterocycles. The van der Waals surface area contributed by atoms with E-state index in [-0.39, 0.29) is 11.8 Å². The van der Waals surface area contributed by atoms with Gasteiger partial charge in [0.15, 0.2) is 5.82 Å². The van der Waals surface area contributed by atoms with Crippen molar-refractivity contribution < 1.29 is 9.32 Å². The summed E-state index contributed by atoms with van der Waals surface area (Å²) in [6.45, 7) is 12.6. The summed E-state index contributed by atoms with van der Waals surface area (Å²) in [4.78, 5) is 18.7. The molecular formula is C18H29N3O2. The number of likely N-dealkylation sites (tertiary alicyclic amines) is 1. The van der Waals surface area contributed by atoms with Crippen molar-refractivity contribution in [3.8, 4) is 0 Å². The molecule has 1 aromatic heterocycles. The Morgan fingerprint density at radius 1 is 1.35 bits per heavy atom. The van der Waals surface area contributed by atoms with E-state index in [2.05, 4.69) is 39.8 Å². The SMILES string of the molecule is CC(C)CN1CC(c2noc(C3CC3(C)C(C)C)n2)CCC1=O. The molecule has 5 heteroatoms. The summed E-state index contributed by atoms with van der Waals surface area (Å²) in [5, 5.41) is 4.24. The van der Waals surface area contributed by atoms with E-state index in [0.29, 0.717) is 29.6 Å². The van der Waals surface area contributed by atoms with Gasteiger partial charge in [-0.1, -0.05) is 39.8 Å². The number of carbonyl (C=O) groups excluding carboxylic acids is 1. The maximum Gasteiger partial charge on any atom is 0.230 e. The van der Waals surface area contributed by atoms with Crippen molar-refractivity contribution in [3.05, 3.63) is 11.7 Å². The molecule has 0 radical (unpaired) electrons. The van der Waals surface area contributed by atoms with Crippen LogP contribution in [0.4, 0.5) is 0 Å². The van der Waals surface area contributed by atoms with Gasteiger partial charge >= 0.3 is 0 Å². The number of nitrogens with zero attached hydrogens (tertiary/aromatic N) is 3. The topological polar surface area (TPSA) is 59.2 Å². The van der Waals surface area contributed by atoms with E-state index in [1.54, 1.807) is 0 Å². The first-order valence-electron chi connectivity index (χ1n) is 8.92. The lowest BCUT2D eigenvalue weighted by Gasteiger charge is -2.32. The minimum absolute atomic E-state index is 0.216. The summed E-state index contributed by atoms with van der Waals surface area (Å²) in [7, 11) is 0. The van der Waals surface area contributed by atoms with Gasteiger partial charge in [-0.25, -0.2) is 0 Å². The molecule has 2 aliphatic rings. The van der Waals surface area contributed by atoms with E-state index in [0.717, 1.165) is 37.6 Å². The molecule has 3 atom stereocenters. The Balaban J connectivity index is 1.68. The fourth-order valence-corrected chi connectivity index (χ4v) is 3.69. The second-order valence-electron chi connectivity index (χ2n) is 8.34. The summed E-state index contributed by atoms with van der Waals surface area (Å²) >= 11 is 0. The van der Waals surface area contributed by atoms with Gasteiger partial charge in [-0.15, -0.1) is 0 Å². The molecule has 3 rings (SSSR count). The van der Waals surface area contributed by atoms with Gasteiger partial charge in [0.25, 0.3) is 0 Å². The Hall–Kier alpha value is -1.39. The first-order chi connectivity index (χ1) is 10.8. The third-order valence-electron chi connectivity index (χ3n) is 5.81. The van der Waals surface area contributed by atoms with Crippen molar-refractivity contribution in [1.82, 2.24) is 15.0 Å². The van der Waals surface area contributed by atoms with Crippen molar-refractivity contribution in [2.75, 3.05) is 13.1 Å². The number of amides is 1. The van der Waals surface area contributed by atoms with Crippen molar-refractivity contribution in [3.63, 3.8) is 0 Å². The second kappa shape index (κ2) is 5.91. The summed E-state index contributed by atoms with van der Waals surface area (Å²) in [6, 6.07) is 0. The number of rotatable bonds is 5. The van der Waals surface area contributed by atoms with E-state index < -0.39 is 0 Å². The van der Waals surface area contributed by atoms with Gasteiger partial charge < -0.3 is 9.42 Å². The third kappa shape index (κ3) is 3.15. The van der Waals surface area contributed by atoms with Gasteiger partial charge in [-0.05, 0) is 30.1 Å². The van der Waals surface area contributed by atoms with Crippen LogP contribution in [0.3, 0.4) is 0 Å². The molecule has 1 aromatic rings. The van der Waals surface area contributed by atoms with Crippen molar-refractivity contribution in [2.45, 2.75) is 65.7 Å². The van der Waals surface area contributed by atoms with Gasteiger partial charge in [0.2, 0.25) is 11.8 Å². The van der Waals surface area contributed by atoms with E-state index in [1.807, 2.05) is 4.90 Å². The van der Waals surface area contributed by atoms with Crippen LogP contribution in [0, 0.1) is 17.3 Å². The average Bonchev–Trinajstić information content (AvgIpc) is 2.96. The first-order valence-corrected chi connectivity index (χ1v) is 8.92. The Morgan fingerprint density at radius 3 is 2.70 bits per heavy atom. The van der Waals surface area contributed by atoms with Crippen molar-refractivity contribution >= 4 is 5.91 Å². The van der Waals surface area contributed by atoms with Crippen LogP contribution in [0.25, 0.3) is 0 Å². The highest BCUT2D eigenvalue weighted by molar-refractivity contribution is 5.77. The van der Waals surface area contributed by atoms with E-state index >= 15 is 0 Å². The number of hydrogen-bond acceptors (Lipinski definition) is 4. The maximum absolute atomic E-state index is 12.1. The molecule has 1 saturated carbocycles. The minimum Gasteiger partial charge on any atom is -0.342 e. The fraction of sp³-hybridized carbons (Fsp3) is 0.833. The third-order valence-corrected chi connectivity index (χ3v) is 5.81. The molecule has 128 valence electrons. The summed E-state index contributed by atoms with van der Waals surface area (Å²) in [5.74, 6) is 3.57. The van der Waals surface area contributed by atoms with Crippen LogP contribution >= 0.6 is 0 Å². The zero-order valence-corrected chi connectivity index (χ0v) is 15.0. The highest BCUT2D eigenvalue weighted by atomic mass is 16.5. The smallest absolute Gasteiger partial charge is 0.230 e. The van der Waals surface area contributed by atoms with Gasteiger partial charge in [-0.2, -0.15) is 4.98 Å². The summed E-state index contributed by atoms with van der Waals surface area (Å²) in [5.41, 5.74) is 0.302. The predicted octanol–water partition coefficient (Wildman–Crippen LogP) is 3.58. The first kappa shape index (κ1) is 16.5. The Bertz CT molecular complexity index is 581. The van der Waals surface area contributed by atoms with Crippen LogP contribution in [0.2, 0.25) is 0 Å². The molecule has 1 saturated heterocycles. The van der Waals surface area contributed by atoms with Gasteiger partial charge in [0.05, 0.1) is 0 Å². The van der Waals surface area contributed by atoms with E-state index in [9.17, 15) is 4.79 Å². The van der Waals surface area contributed by atoms with E-state index in [1.165, 1.54) is 0 Å². The van der Waals surface area contributed by atoms with Crippen LogP contribution in [0.5, 0.6) is 0 Å². The zero-order valence-electron chi connectivity index (χ0n) is 15.0. The Kier molecular flexibility index (Phi) is 4.23. The standard InChI is InChI=1S/C18H29N3O2/c1-11(2)9-21-10-13(6-7-15(21)22)16-19-17(23-20-16)14-8-18(14,5)12(3)4/h11-14H,6-10H2,1-5H3. The largest absolute Gasteiger partial charge is 0.342 e. The number of hydrogen-bond donors (Lipinski definition) is 0. The Morgan fingerprint density at radius 2 is 2.09 bits per heavy atom. The molecule has 2 heterocycles. The van der Waals surface area contributed by atoms with Crippen LogP contribution in [-0.2, 0) is 4.79 Å². The predicted molar refractivity (Wildman–Crippen MR) is 88.0 cm³/mol. The summed E-state index contributed by atoms with van der Waals surface area (Å²) < 4.78 is 5.57. The average molecular weight is 319 g/mol. The lowest BCUT2D eigenvalue weighted by atomic mass is 9.92. The lowest BCUT2D eigenvalue weighted by Crippen LogP contribution is -2.41. The molecule has 1 amide bonds. The molecule has 2 fully saturated rings. The molecule has 1 aliphatic carbocycles. The second-order valence-corrected chi connectivity index (χ2v) is 8.34. The Labute approximate surface area is 138 Å². The van der Waals surface area contributed by atoms with E-state index in [4.69, 9.17) is 9.51 Å². The molecule has 23 heavy (non-hydrogen) atoms. The normalized spacial score (nSPS) is 31.3. The van der Waals surface area contributed by atoms with Crippen LogP contribution in [-0.4, -0.2) is 34.0 Å². The molecule has 0 aromatic carbocycles. The maximum atomic E-state index is 12.1. The van der Waals surface area contributed by atoms with Crippen LogP contribution < -0.4 is 0 Å². The molecule has 0 N–H and O–H groups in total. The number of piperidine rings is 1. The molecular weight excluding hydrogens is 290 g/mol. The molecule has 0 spiro atoms. The van der Waals surface area contributed by atoms with Gasteiger partial charge in [0.1, 0.15) is 0 Å². The molecule has 0 bridgehead atoms. The number of aromatic nitrogens is 2. The monoisotopic (exact) mass is 319 g/mol. The minimum atomic E-state index is 0.216. The molecule has 3 unspecified atom stereocenters. The van der Waals surface area contributed by atoms with Crippen LogP contribution in [0.1, 0.15) is 77.4 Å². The highest BCUT2D eigenvalue weighted by Crippen LogP contribution is 2.62. The van der Waals surface area contributed by atoms with Crippen molar-refractivity contribution in [1.29, 1.82) is 0 Å². The lowest BCUT2D eigenvalue weighted by molar-refractivity contribution is -0.134. The fourth-order valence-electron chi connectivity index (χ4n) is 3.69.